The van der Waals surface area contributed by atoms with Crippen LogP contribution in [-0.2, 0) is 0 Å². The molecule has 106 valence electrons. The van der Waals surface area contributed by atoms with Crippen LogP contribution < -0.4 is 4.74 Å². The summed E-state index contributed by atoms with van der Waals surface area (Å²) in [7, 11) is 0. The predicted molar refractivity (Wildman–Crippen MR) is 77.0 cm³/mol. The van der Waals surface area contributed by atoms with E-state index in [4.69, 9.17) is 4.74 Å². The first kappa shape index (κ1) is 15.5. The zero-order chi connectivity index (χ0) is 14.1. The lowest BCUT2D eigenvalue weighted by atomic mass is 10.0. The van der Waals surface area contributed by atoms with Crippen LogP contribution in [0.25, 0.3) is 0 Å². The zero-order valence-electron chi connectivity index (χ0n) is 11.9. The topological polar surface area (TPSA) is 46.5 Å². The van der Waals surface area contributed by atoms with Crippen molar-refractivity contribution in [2.24, 2.45) is 0 Å². The molecule has 1 N–H and O–H groups in total. The van der Waals surface area contributed by atoms with E-state index in [0.717, 1.165) is 32.1 Å². The van der Waals surface area contributed by atoms with Gasteiger partial charge in [0.25, 0.3) is 0 Å². The quantitative estimate of drug-likeness (QED) is 0.533. The summed E-state index contributed by atoms with van der Waals surface area (Å²) < 4.78 is 5.49. The average Bonchev–Trinajstić information content (AvgIpc) is 2.39. The van der Waals surface area contributed by atoms with E-state index in [0.29, 0.717) is 24.3 Å². The molecule has 0 aliphatic rings. The molecule has 0 fully saturated rings. The second-order valence-electron chi connectivity index (χ2n) is 4.76. The van der Waals surface area contributed by atoms with Crippen LogP contribution in [0.2, 0.25) is 0 Å². The van der Waals surface area contributed by atoms with Crippen molar-refractivity contribution < 1.29 is 14.6 Å². The maximum absolute atomic E-state index is 11.9. The first-order valence-corrected chi connectivity index (χ1v) is 7.18. The number of rotatable bonds is 9. The molecule has 0 spiro atoms. The average molecular weight is 264 g/mol. The maximum atomic E-state index is 11.9. The highest BCUT2D eigenvalue weighted by atomic mass is 16.5. The van der Waals surface area contributed by atoms with Gasteiger partial charge in [0.2, 0.25) is 0 Å². The third-order valence-corrected chi connectivity index (χ3v) is 3.04. The fraction of sp³-hybridized carbons (Fsp3) is 0.562. The van der Waals surface area contributed by atoms with Crippen LogP contribution in [-0.4, -0.2) is 17.5 Å². The van der Waals surface area contributed by atoms with E-state index in [9.17, 15) is 9.90 Å². The van der Waals surface area contributed by atoms with Crippen LogP contribution in [0.15, 0.2) is 18.2 Å². The Labute approximate surface area is 115 Å². The Hall–Kier alpha value is -1.51. The van der Waals surface area contributed by atoms with Gasteiger partial charge in [-0.3, -0.25) is 4.79 Å². The number of carbonyl (C=O) groups is 1. The Morgan fingerprint density at radius 2 is 1.89 bits per heavy atom. The van der Waals surface area contributed by atoms with Gasteiger partial charge < -0.3 is 9.84 Å². The smallest absolute Gasteiger partial charge is 0.166 e. The molecule has 1 aromatic rings. The molecule has 0 aliphatic heterocycles. The van der Waals surface area contributed by atoms with E-state index in [1.54, 1.807) is 12.1 Å². The highest BCUT2D eigenvalue weighted by Crippen LogP contribution is 2.25. The van der Waals surface area contributed by atoms with Crippen LogP contribution >= 0.6 is 0 Å². The van der Waals surface area contributed by atoms with Gasteiger partial charge in [0.15, 0.2) is 5.78 Å². The fourth-order valence-corrected chi connectivity index (χ4v) is 1.84. The van der Waals surface area contributed by atoms with Crippen molar-refractivity contribution in [3.05, 3.63) is 23.8 Å². The molecule has 0 unspecified atom stereocenters. The molecule has 0 saturated heterocycles. The molecule has 0 amide bonds. The van der Waals surface area contributed by atoms with E-state index in [2.05, 4.69) is 13.8 Å². The van der Waals surface area contributed by atoms with Crippen molar-refractivity contribution in [1.29, 1.82) is 0 Å². The molecule has 0 bridgehead atoms. The SMILES string of the molecule is CCCCCC(=O)c1ccc(OCCCC)cc1O. The third-order valence-electron chi connectivity index (χ3n) is 3.04. The number of hydrogen-bond acceptors (Lipinski definition) is 3. The number of benzene rings is 1. The van der Waals surface area contributed by atoms with Crippen LogP contribution in [0.1, 0.15) is 62.7 Å². The number of phenolic OH excluding ortho intramolecular Hbond substituents is 1. The van der Waals surface area contributed by atoms with Crippen LogP contribution in [0.5, 0.6) is 11.5 Å². The minimum absolute atomic E-state index is 0.00561. The molecule has 0 heterocycles. The number of carbonyl (C=O) groups excluding carboxylic acids is 1. The molecule has 0 saturated carbocycles. The number of hydrogen-bond donors (Lipinski definition) is 1. The number of unbranched alkanes of at least 4 members (excludes halogenated alkanes) is 3. The Balaban J connectivity index is 2.58. The molecular weight excluding hydrogens is 240 g/mol. The predicted octanol–water partition coefficient (Wildman–Crippen LogP) is 4.33. The molecule has 3 nitrogen and oxygen atoms in total. The number of aromatic hydroxyl groups is 1. The molecule has 0 atom stereocenters. The molecule has 0 radical (unpaired) electrons. The zero-order valence-corrected chi connectivity index (χ0v) is 11.9. The number of ether oxygens (including phenoxy) is 1. The summed E-state index contributed by atoms with van der Waals surface area (Å²) in [5, 5.41) is 9.87. The fourth-order valence-electron chi connectivity index (χ4n) is 1.84. The highest BCUT2D eigenvalue weighted by Gasteiger charge is 2.11. The second-order valence-corrected chi connectivity index (χ2v) is 4.76. The molecule has 19 heavy (non-hydrogen) atoms. The van der Waals surface area contributed by atoms with Crippen LogP contribution in [0.4, 0.5) is 0 Å². The van der Waals surface area contributed by atoms with Gasteiger partial charge in [-0.05, 0) is 25.0 Å². The molecule has 0 aliphatic carbocycles. The summed E-state index contributed by atoms with van der Waals surface area (Å²) >= 11 is 0. The first-order chi connectivity index (χ1) is 9.19. The highest BCUT2D eigenvalue weighted by molar-refractivity contribution is 5.98. The minimum Gasteiger partial charge on any atom is -0.507 e. The van der Waals surface area contributed by atoms with Gasteiger partial charge in [0.1, 0.15) is 11.5 Å². The summed E-state index contributed by atoms with van der Waals surface area (Å²) in [5.74, 6) is 0.651. The van der Waals surface area contributed by atoms with Gasteiger partial charge in [-0.2, -0.15) is 0 Å². The summed E-state index contributed by atoms with van der Waals surface area (Å²) in [6, 6.07) is 4.94. The van der Waals surface area contributed by atoms with Crippen molar-refractivity contribution in [2.75, 3.05) is 6.61 Å². The Kier molecular flexibility index (Phi) is 7.01. The van der Waals surface area contributed by atoms with Crippen LogP contribution in [0, 0.1) is 0 Å². The lowest BCUT2D eigenvalue weighted by Gasteiger charge is -2.08. The van der Waals surface area contributed by atoms with Gasteiger partial charge in [-0.1, -0.05) is 33.1 Å². The van der Waals surface area contributed by atoms with Crippen molar-refractivity contribution in [2.45, 2.75) is 52.4 Å². The first-order valence-electron chi connectivity index (χ1n) is 7.18. The molecular formula is C16H24O3. The van der Waals surface area contributed by atoms with Crippen molar-refractivity contribution in [3.8, 4) is 11.5 Å². The molecule has 1 aromatic carbocycles. The van der Waals surface area contributed by atoms with E-state index in [1.165, 1.54) is 6.07 Å². The number of Topliss-reactive ketones (excluding diaryl/α,β-unsaturated/α-hetero) is 1. The number of phenols is 1. The minimum atomic E-state index is 0.00561. The summed E-state index contributed by atoms with van der Waals surface area (Å²) in [4.78, 5) is 11.9. The van der Waals surface area contributed by atoms with Crippen molar-refractivity contribution in [1.82, 2.24) is 0 Å². The maximum Gasteiger partial charge on any atom is 0.166 e. The van der Waals surface area contributed by atoms with Crippen molar-refractivity contribution in [3.63, 3.8) is 0 Å². The van der Waals surface area contributed by atoms with E-state index < -0.39 is 0 Å². The normalized spacial score (nSPS) is 10.4. The van der Waals surface area contributed by atoms with Gasteiger partial charge >= 0.3 is 0 Å². The lowest BCUT2D eigenvalue weighted by Crippen LogP contribution is -2.01. The largest absolute Gasteiger partial charge is 0.507 e. The van der Waals surface area contributed by atoms with E-state index in [1.807, 2.05) is 0 Å². The van der Waals surface area contributed by atoms with E-state index in [-0.39, 0.29) is 11.5 Å². The Morgan fingerprint density at radius 1 is 1.16 bits per heavy atom. The molecule has 3 heteroatoms. The summed E-state index contributed by atoms with van der Waals surface area (Å²) in [6.07, 6.45) is 5.56. The summed E-state index contributed by atoms with van der Waals surface area (Å²) in [6.45, 7) is 4.84. The molecule has 0 aromatic heterocycles. The summed E-state index contributed by atoms with van der Waals surface area (Å²) in [5.41, 5.74) is 0.402. The second kappa shape index (κ2) is 8.57. The van der Waals surface area contributed by atoms with Gasteiger partial charge in [0.05, 0.1) is 12.2 Å². The lowest BCUT2D eigenvalue weighted by molar-refractivity contribution is 0.0976. The Morgan fingerprint density at radius 3 is 2.53 bits per heavy atom. The Bertz CT molecular complexity index is 399. The van der Waals surface area contributed by atoms with Crippen molar-refractivity contribution >= 4 is 5.78 Å². The van der Waals surface area contributed by atoms with E-state index >= 15 is 0 Å². The number of ketones is 1. The standard InChI is InChI=1S/C16H24O3/c1-3-5-7-8-15(17)14-10-9-13(12-16(14)18)19-11-6-4-2/h9-10,12,18H,3-8,11H2,1-2H3. The van der Waals surface area contributed by atoms with Crippen LogP contribution in [0.3, 0.4) is 0 Å². The van der Waals surface area contributed by atoms with Gasteiger partial charge in [0, 0.05) is 12.5 Å². The monoisotopic (exact) mass is 264 g/mol. The van der Waals surface area contributed by atoms with Gasteiger partial charge in [-0.25, -0.2) is 0 Å². The van der Waals surface area contributed by atoms with Gasteiger partial charge in [-0.15, -0.1) is 0 Å². The third kappa shape index (κ3) is 5.33. The molecule has 1 rings (SSSR count).